The second-order valence-electron chi connectivity index (χ2n) is 4.17. The third-order valence-corrected chi connectivity index (χ3v) is 2.26. The van der Waals surface area contributed by atoms with Gasteiger partial charge in [-0.3, -0.25) is 19.3 Å². The Morgan fingerprint density at radius 1 is 1.24 bits per heavy atom. The molecule has 0 fully saturated rings. The lowest BCUT2D eigenvalue weighted by molar-refractivity contribution is -0.142. The molecule has 0 spiro atoms. The molecule has 0 aliphatic rings. The second-order valence-corrected chi connectivity index (χ2v) is 4.17. The van der Waals surface area contributed by atoms with E-state index >= 15 is 0 Å². The fourth-order valence-electron chi connectivity index (χ4n) is 1.47. The molecule has 0 rings (SSSR count). The number of carbonyl (C=O) groups excluding carboxylic acids is 1. The normalized spacial score (nSPS) is 12.4. The molecule has 0 heterocycles. The summed E-state index contributed by atoms with van der Waals surface area (Å²) < 4.78 is 0. The highest BCUT2D eigenvalue weighted by atomic mass is 16.4. The summed E-state index contributed by atoms with van der Waals surface area (Å²) in [6.45, 7) is 3.83. The first kappa shape index (κ1) is 15.6. The Labute approximate surface area is 100 Å². The molecule has 0 aromatic heterocycles. The number of carboxylic acids is 2. The highest BCUT2D eigenvalue weighted by Gasteiger charge is 2.17. The van der Waals surface area contributed by atoms with Crippen LogP contribution in [0.2, 0.25) is 0 Å². The summed E-state index contributed by atoms with van der Waals surface area (Å²) in [6, 6.07) is 0. The first-order chi connectivity index (χ1) is 7.82. The van der Waals surface area contributed by atoms with Gasteiger partial charge in [-0.1, -0.05) is 6.92 Å². The van der Waals surface area contributed by atoms with Gasteiger partial charge >= 0.3 is 11.9 Å². The van der Waals surface area contributed by atoms with Gasteiger partial charge in [-0.05, 0) is 19.9 Å². The molecule has 98 valence electrons. The highest BCUT2D eigenvalue weighted by molar-refractivity contribution is 5.77. The van der Waals surface area contributed by atoms with Gasteiger partial charge in [0.25, 0.3) is 0 Å². The number of nitrogens with zero attached hydrogens (tertiary/aromatic N) is 1. The average molecular weight is 245 g/mol. The Hall–Kier alpha value is -1.43. The van der Waals surface area contributed by atoms with Crippen molar-refractivity contribution >= 4 is 17.7 Å². The van der Waals surface area contributed by atoms with Crippen molar-refractivity contribution in [3.8, 4) is 0 Å². The van der Waals surface area contributed by atoms with Crippen molar-refractivity contribution in [2.24, 2.45) is 5.92 Å². The van der Waals surface area contributed by atoms with E-state index < -0.39 is 17.9 Å². The van der Waals surface area contributed by atoms with Crippen LogP contribution in [0.3, 0.4) is 0 Å². The Kier molecular flexibility index (Phi) is 7.13. The molecule has 0 aliphatic heterocycles. The number of hydrogen-bond acceptors (Lipinski definition) is 4. The summed E-state index contributed by atoms with van der Waals surface area (Å²) in [6.07, 6.45) is 0.435. The van der Waals surface area contributed by atoms with Crippen LogP contribution in [0, 0.1) is 5.92 Å². The number of rotatable bonds is 9. The molecule has 0 saturated carbocycles. The summed E-state index contributed by atoms with van der Waals surface area (Å²) in [4.78, 5) is 33.7. The van der Waals surface area contributed by atoms with E-state index in [2.05, 4.69) is 0 Å². The molecule has 0 bridgehead atoms. The minimum absolute atomic E-state index is 0.0237. The molecule has 0 aliphatic carbocycles. The number of hydrogen-bond donors (Lipinski definition) is 2. The van der Waals surface area contributed by atoms with Crippen LogP contribution in [0.15, 0.2) is 0 Å². The van der Waals surface area contributed by atoms with E-state index in [1.54, 1.807) is 11.8 Å². The van der Waals surface area contributed by atoms with Gasteiger partial charge in [0.05, 0.1) is 12.5 Å². The fraction of sp³-hybridized carbons (Fsp3) is 0.727. The molecule has 1 unspecified atom stereocenters. The SMILES string of the molecule is CC(=O)CN(CCCC(=O)O)CC(C)C(=O)O. The number of ketones is 1. The first-order valence-electron chi connectivity index (χ1n) is 5.49. The Balaban J connectivity index is 4.18. The van der Waals surface area contributed by atoms with Crippen molar-refractivity contribution in [3.05, 3.63) is 0 Å². The summed E-state index contributed by atoms with van der Waals surface area (Å²) in [5.74, 6) is -2.44. The summed E-state index contributed by atoms with van der Waals surface area (Å²) >= 11 is 0. The number of carbonyl (C=O) groups is 3. The summed E-state index contributed by atoms with van der Waals surface area (Å²) in [5, 5.41) is 17.3. The van der Waals surface area contributed by atoms with Crippen molar-refractivity contribution in [1.29, 1.82) is 0 Å². The van der Waals surface area contributed by atoms with Crippen LogP contribution in [-0.2, 0) is 14.4 Å². The van der Waals surface area contributed by atoms with E-state index in [-0.39, 0.29) is 25.3 Å². The fourth-order valence-corrected chi connectivity index (χ4v) is 1.47. The van der Waals surface area contributed by atoms with Gasteiger partial charge in [-0.15, -0.1) is 0 Å². The van der Waals surface area contributed by atoms with Gasteiger partial charge in [-0.2, -0.15) is 0 Å². The van der Waals surface area contributed by atoms with E-state index in [0.29, 0.717) is 13.0 Å². The Bertz CT molecular complexity index is 290. The van der Waals surface area contributed by atoms with Gasteiger partial charge in [0.15, 0.2) is 0 Å². The molecule has 0 saturated heterocycles. The van der Waals surface area contributed by atoms with Crippen LogP contribution in [0.1, 0.15) is 26.7 Å². The van der Waals surface area contributed by atoms with Crippen molar-refractivity contribution in [2.45, 2.75) is 26.7 Å². The van der Waals surface area contributed by atoms with Crippen molar-refractivity contribution < 1.29 is 24.6 Å². The highest BCUT2D eigenvalue weighted by Crippen LogP contribution is 2.03. The third kappa shape index (κ3) is 8.38. The lowest BCUT2D eigenvalue weighted by atomic mass is 10.1. The van der Waals surface area contributed by atoms with E-state index in [9.17, 15) is 14.4 Å². The molecular formula is C11H19NO5. The van der Waals surface area contributed by atoms with Crippen LogP contribution < -0.4 is 0 Å². The molecule has 0 amide bonds. The van der Waals surface area contributed by atoms with Gasteiger partial charge in [0, 0.05) is 13.0 Å². The molecule has 6 nitrogen and oxygen atoms in total. The van der Waals surface area contributed by atoms with Gasteiger partial charge < -0.3 is 10.2 Å². The van der Waals surface area contributed by atoms with Gasteiger partial charge in [-0.25, -0.2) is 0 Å². The third-order valence-electron chi connectivity index (χ3n) is 2.26. The van der Waals surface area contributed by atoms with Crippen LogP contribution in [0.4, 0.5) is 0 Å². The minimum Gasteiger partial charge on any atom is -0.481 e. The van der Waals surface area contributed by atoms with Gasteiger partial charge in [0.1, 0.15) is 5.78 Å². The predicted molar refractivity (Wildman–Crippen MR) is 60.8 cm³/mol. The zero-order valence-corrected chi connectivity index (χ0v) is 10.2. The van der Waals surface area contributed by atoms with Crippen LogP contribution in [-0.4, -0.2) is 52.5 Å². The largest absolute Gasteiger partial charge is 0.481 e. The van der Waals surface area contributed by atoms with Crippen molar-refractivity contribution in [3.63, 3.8) is 0 Å². The van der Waals surface area contributed by atoms with E-state index in [4.69, 9.17) is 10.2 Å². The van der Waals surface area contributed by atoms with E-state index in [1.165, 1.54) is 6.92 Å². The Morgan fingerprint density at radius 2 is 1.82 bits per heavy atom. The zero-order valence-electron chi connectivity index (χ0n) is 10.2. The lowest BCUT2D eigenvalue weighted by Gasteiger charge is -2.22. The minimum atomic E-state index is -0.920. The number of Topliss-reactive ketones (excluding diaryl/α,β-unsaturated/α-hetero) is 1. The molecule has 17 heavy (non-hydrogen) atoms. The van der Waals surface area contributed by atoms with Crippen LogP contribution in [0.5, 0.6) is 0 Å². The second kappa shape index (κ2) is 7.78. The molecule has 1 atom stereocenters. The molecule has 2 N–H and O–H groups in total. The maximum Gasteiger partial charge on any atom is 0.307 e. The topological polar surface area (TPSA) is 94.9 Å². The molecule has 0 radical (unpaired) electrons. The average Bonchev–Trinajstić information content (AvgIpc) is 2.15. The first-order valence-corrected chi connectivity index (χ1v) is 5.49. The monoisotopic (exact) mass is 245 g/mol. The lowest BCUT2D eigenvalue weighted by Crippen LogP contribution is -2.36. The summed E-state index contributed by atoms with van der Waals surface area (Å²) in [7, 11) is 0. The van der Waals surface area contributed by atoms with Crippen LogP contribution >= 0.6 is 0 Å². The maximum atomic E-state index is 11.0. The van der Waals surface area contributed by atoms with E-state index in [0.717, 1.165) is 0 Å². The number of aliphatic carboxylic acids is 2. The summed E-state index contributed by atoms with van der Waals surface area (Å²) in [5.41, 5.74) is 0. The Morgan fingerprint density at radius 3 is 2.24 bits per heavy atom. The maximum absolute atomic E-state index is 11.0. The van der Waals surface area contributed by atoms with E-state index in [1.807, 2.05) is 0 Å². The molecule has 6 heteroatoms. The molecule has 0 aromatic carbocycles. The van der Waals surface area contributed by atoms with Crippen molar-refractivity contribution in [2.75, 3.05) is 19.6 Å². The number of carboxylic acid groups (broad SMARTS) is 2. The molecule has 0 aromatic rings. The quantitative estimate of drug-likeness (QED) is 0.613. The van der Waals surface area contributed by atoms with Gasteiger partial charge in [0.2, 0.25) is 0 Å². The van der Waals surface area contributed by atoms with Crippen molar-refractivity contribution in [1.82, 2.24) is 4.90 Å². The molecular weight excluding hydrogens is 226 g/mol. The predicted octanol–water partition coefficient (Wildman–Crippen LogP) is 0.463. The zero-order chi connectivity index (χ0) is 13.4. The standard InChI is InChI=1S/C11H19NO5/c1-8(11(16)17)6-12(7-9(2)13)5-3-4-10(14)15/h8H,3-7H2,1-2H3,(H,14,15)(H,16,17). The smallest absolute Gasteiger partial charge is 0.307 e. The van der Waals surface area contributed by atoms with Crippen LogP contribution in [0.25, 0.3) is 0 Å².